The third kappa shape index (κ3) is 2.78. The summed E-state index contributed by atoms with van der Waals surface area (Å²) in [5.41, 5.74) is 0.813. The summed E-state index contributed by atoms with van der Waals surface area (Å²) in [6, 6.07) is 7.59. The van der Waals surface area contributed by atoms with E-state index in [0.717, 1.165) is 10.2 Å². The molecule has 0 bridgehead atoms. The highest BCUT2D eigenvalue weighted by Crippen LogP contribution is 2.22. The van der Waals surface area contributed by atoms with Gasteiger partial charge in [0.25, 0.3) is 0 Å². The molecule has 2 rings (SSSR count). The number of rotatable bonds is 2. The van der Waals surface area contributed by atoms with E-state index in [2.05, 4.69) is 25.9 Å². The molecule has 0 aliphatic rings. The summed E-state index contributed by atoms with van der Waals surface area (Å²) in [7, 11) is 0. The van der Waals surface area contributed by atoms with Gasteiger partial charge in [-0.3, -0.25) is 4.99 Å². The predicted molar refractivity (Wildman–Crippen MR) is 72.6 cm³/mol. The maximum absolute atomic E-state index is 9.45. The number of aliphatic imine (C=N–C) groups is 1. The fraction of sp³-hybridized carbons (Fsp3) is 0. The fourth-order valence-corrected chi connectivity index (χ4v) is 2.46. The zero-order valence-electron chi connectivity index (χ0n) is 7.98. The Labute approximate surface area is 110 Å². The molecule has 1 aromatic carbocycles. The highest BCUT2D eigenvalue weighted by Gasteiger charge is 2.00. The van der Waals surface area contributed by atoms with Gasteiger partial charge < -0.3 is 10.1 Å². The van der Waals surface area contributed by atoms with Crippen LogP contribution in [0.25, 0.3) is 0 Å². The maximum Gasteiger partial charge on any atom is 0.209 e. The summed E-state index contributed by atoms with van der Waals surface area (Å²) >= 11 is 9.56. The number of nitrogens with zero attached hydrogens (tertiary/aromatic N) is 1. The predicted octanol–water partition coefficient (Wildman–Crippen LogP) is 4.02. The van der Waals surface area contributed by atoms with E-state index in [4.69, 9.17) is 12.2 Å². The molecule has 0 aliphatic carbocycles. The van der Waals surface area contributed by atoms with E-state index in [-0.39, 0.29) is 5.88 Å². The molecule has 82 valence electrons. The summed E-state index contributed by atoms with van der Waals surface area (Å²) in [6.07, 6.45) is 1.59. The molecule has 0 saturated carbocycles. The van der Waals surface area contributed by atoms with Crippen molar-refractivity contribution in [3.63, 3.8) is 0 Å². The first-order valence-corrected chi connectivity index (χ1v) is 6.38. The van der Waals surface area contributed by atoms with E-state index >= 15 is 0 Å². The van der Waals surface area contributed by atoms with E-state index in [1.54, 1.807) is 6.21 Å². The molecule has 6 heteroatoms. The van der Waals surface area contributed by atoms with Gasteiger partial charge in [-0.05, 0) is 30.4 Å². The Bertz CT molecular complexity index is 589. The normalized spacial score (nSPS) is 11.1. The van der Waals surface area contributed by atoms with Gasteiger partial charge in [-0.25, -0.2) is 0 Å². The highest BCUT2D eigenvalue weighted by molar-refractivity contribution is 9.10. The Morgan fingerprint density at radius 2 is 2.31 bits per heavy atom. The van der Waals surface area contributed by atoms with Gasteiger partial charge in [0.1, 0.15) is 4.88 Å². The van der Waals surface area contributed by atoms with Crippen LogP contribution in [0.3, 0.4) is 0 Å². The van der Waals surface area contributed by atoms with Gasteiger partial charge in [0.2, 0.25) is 5.88 Å². The molecule has 1 heterocycles. The minimum atomic E-state index is 0.0637. The first-order chi connectivity index (χ1) is 7.65. The lowest BCUT2D eigenvalue weighted by molar-refractivity contribution is 0.456. The lowest BCUT2D eigenvalue weighted by Gasteiger charge is -1.93. The average molecular weight is 315 g/mol. The van der Waals surface area contributed by atoms with Gasteiger partial charge >= 0.3 is 0 Å². The lowest BCUT2D eigenvalue weighted by atomic mass is 10.3. The molecule has 0 saturated heterocycles. The van der Waals surface area contributed by atoms with Crippen molar-refractivity contribution >= 4 is 51.4 Å². The second-order valence-electron chi connectivity index (χ2n) is 2.97. The van der Waals surface area contributed by atoms with Crippen LogP contribution in [0.1, 0.15) is 4.88 Å². The maximum atomic E-state index is 9.45. The quantitative estimate of drug-likeness (QED) is 0.649. The monoisotopic (exact) mass is 314 g/mol. The van der Waals surface area contributed by atoms with Crippen LogP contribution < -0.4 is 0 Å². The smallest absolute Gasteiger partial charge is 0.209 e. The molecule has 0 spiro atoms. The van der Waals surface area contributed by atoms with E-state index in [9.17, 15) is 5.11 Å². The van der Waals surface area contributed by atoms with Crippen molar-refractivity contribution in [1.82, 2.24) is 4.98 Å². The summed E-state index contributed by atoms with van der Waals surface area (Å²) in [6.45, 7) is 0. The Balaban J connectivity index is 2.28. The van der Waals surface area contributed by atoms with Crippen molar-refractivity contribution in [1.29, 1.82) is 0 Å². The average Bonchev–Trinajstić information content (AvgIpc) is 2.54. The zero-order valence-corrected chi connectivity index (χ0v) is 11.2. The van der Waals surface area contributed by atoms with Gasteiger partial charge in [0.15, 0.2) is 3.95 Å². The largest absolute Gasteiger partial charge is 0.494 e. The molecule has 0 aliphatic heterocycles. The second-order valence-corrected chi connectivity index (χ2v) is 5.60. The Morgan fingerprint density at radius 3 is 2.94 bits per heavy atom. The van der Waals surface area contributed by atoms with Crippen LogP contribution in [0.2, 0.25) is 0 Å². The highest BCUT2D eigenvalue weighted by atomic mass is 79.9. The van der Waals surface area contributed by atoms with Crippen LogP contribution >= 0.6 is 39.5 Å². The first kappa shape index (κ1) is 11.5. The fourth-order valence-electron chi connectivity index (χ4n) is 1.11. The molecule has 0 atom stereocenters. The van der Waals surface area contributed by atoms with Crippen LogP contribution in [0, 0.1) is 3.95 Å². The number of aromatic amines is 1. The topological polar surface area (TPSA) is 48.4 Å². The van der Waals surface area contributed by atoms with Gasteiger partial charge in [0, 0.05) is 4.47 Å². The summed E-state index contributed by atoms with van der Waals surface area (Å²) < 4.78 is 1.50. The molecule has 0 radical (unpaired) electrons. The molecule has 2 aromatic rings. The van der Waals surface area contributed by atoms with Gasteiger partial charge in [0.05, 0.1) is 11.9 Å². The number of thiazole rings is 1. The number of aromatic hydroxyl groups is 1. The minimum absolute atomic E-state index is 0.0637. The summed E-state index contributed by atoms with van der Waals surface area (Å²) in [4.78, 5) is 7.51. The van der Waals surface area contributed by atoms with Crippen LogP contribution in [0.15, 0.2) is 33.7 Å². The third-order valence-electron chi connectivity index (χ3n) is 1.80. The third-order valence-corrected chi connectivity index (χ3v) is 3.45. The van der Waals surface area contributed by atoms with E-state index in [0.29, 0.717) is 8.83 Å². The van der Waals surface area contributed by atoms with E-state index in [1.807, 2.05) is 24.3 Å². The molecular weight excluding hydrogens is 308 g/mol. The number of H-pyrrole nitrogens is 1. The van der Waals surface area contributed by atoms with Crippen molar-refractivity contribution < 1.29 is 5.11 Å². The van der Waals surface area contributed by atoms with Crippen LogP contribution in [0.4, 0.5) is 5.69 Å². The van der Waals surface area contributed by atoms with Crippen molar-refractivity contribution in [3.05, 3.63) is 37.6 Å². The molecular formula is C10H7BrN2OS2. The second kappa shape index (κ2) is 4.90. The number of nitrogens with one attached hydrogen (secondary N) is 1. The van der Waals surface area contributed by atoms with E-state index in [1.165, 1.54) is 11.3 Å². The summed E-state index contributed by atoms with van der Waals surface area (Å²) in [5.74, 6) is 0.0637. The van der Waals surface area contributed by atoms with Gasteiger partial charge in [-0.2, -0.15) is 0 Å². The minimum Gasteiger partial charge on any atom is -0.494 e. The molecule has 3 nitrogen and oxygen atoms in total. The Kier molecular flexibility index (Phi) is 3.52. The standard InChI is InChI=1S/C10H7BrN2OS2/c11-6-2-1-3-7(4-6)12-5-8-9(14)13-10(15)16-8/h1-5,14H,(H,13,15). The molecule has 16 heavy (non-hydrogen) atoms. The summed E-state index contributed by atoms with van der Waals surface area (Å²) in [5, 5.41) is 9.45. The molecule has 0 unspecified atom stereocenters. The van der Waals surface area contributed by atoms with Crippen LogP contribution in [-0.4, -0.2) is 16.3 Å². The number of hydrogen-bond acceptors (Lipinski definition) is 4. The molecule has 1 aromatic heterocycles. The van der Waals surface area contributed by atoms with Gasteiger partial charge in [-0.1, -0.05) is 33.3 Å². The number of benzene rings is 1. The lowest BCUT2D eigenvalue weighted by Crippen LogP contribution is -1.74. The first-order valence-electron chi connectivity index (χ1n) is 4.37. The number of aromatic nitrogens is 1. The molecule has 0 amide bonds. The van der Waals surface area contributed by atoms with Crippen LogP contribution in [0.5, 0.6) is 5.88 Å². The van der Waals surface area contributed by atoms with Crippen molar-refractivity contribution in [2.24, 2.45) is 4.99 Å². The van der Waals surface area contributed by atoms with E-state index < -0.39 is 0 Å². The number of hydrogen-bond donors (Lipinski definition) is 2. The van der Waals surface area contributed by atoms with Gasteiger partial charge in [-0.15, -0.1) is 0 Å². The van der Waals surface area contributed by atoms with Crippen LogP contribution in [-0.2, 0) is 0 Å². The Morgan fingerprint density at radius 1 is 1.50 bits per heavy atom. The zero-order chi connectivity index (χ0) is 11.5. The van der Waals surface area contributed by atoms with Crippen molar-refractivity contribution in [2.75, 3.05) is 0 Å². The van der Waals surface area contributed by atoms with Crippen molar-refractivity contribution in [2.45, 2.75) is 0 Å². The SMILES string of the molecule is Oc1[nH]c(=S)sc1C=Nc1cccc(Br)c1. The number of halogens is 1. The Hall–Kier alpha value is -0.980. The molecule has 0 fully saturated rings. The van der Waals surface area contributed by atoms with Crippen molar-refractivity contribution in [3.8, 4) is 5.88 Å². The molecule has 2 N–H and O–H groups in total.